The molecule has 172 valence electrons. The highest BCUT2D eigenvalue weighted by Crippen LogP contribution is 2.26. The summed E-state index contributed by atoms with van der Waals surface area (Å²) in [5, 5.41) is 3.09. The van der Waals surface area contributed by atoms with Gasteiger partial charge in [-0.2, -0.15) is 0 Å². The summed E-state index contributed by atoms with van der Waals surface area (Å²) in [5.74, 6) is 1.56. The molecule has 1 atom stereocenters. The third kappa shape index (κ3) is 5.92. The Kier molecular flexibility index (Phi) is 7.60. The molecule has 0 radical (unpaired) electrons. The smallest absolute Gasteiger partial charge is 0.246 e. The van der Waals surface area contributed by atoms with E-state index >= 15 is 0 Å². The average Bonchev–Trinajstić information content (AvgIpc) is 2.86. The molecule has 0 saturated carbocycles. The topological polar surface area (TPSA) is 54.0 Å². The number of ether oxygens (including phenoxy) is 2. The normalized spacial score (nSPS) is 15.6. The summed E-state index contributed by atoms with van der Waals surface area (Å²) in [5.41, 5.74) is 3.00. The van der Waals surface area contributed by atoms with Gasteiger partial charge in [-0.05, 0) is 35.4 Å². The molecule has 1 amide bonds. The molecule has 0 spiro atoms. The average molecular weight is 446 g/mol. The van der Waals surface area contributed by atoms with Crippen LogP contribution < -0.4 is 14.8 Å². The molecular formula is C27H31N3O3. The Balaban J connectivity index is 1.43. The van der Waals surface area contributed by atoms with E-state index in [2.05, 4.69) is 27.2 Å². The van der Waals surface area contributed by atoms with Crippen molar-refractivity contribution < 1.29 is 14.3 Å². The Morgan fingerprint density at radius 2 is 1.55 bits per heavy atom. The van der Waals surface area contributed by atoms with E-state index in [4.69, 9.17) is 9.47 Å². The number of rotatable bonds is 8. The molecule has 0 bridgehead atoms. The number of nitrogens with zero attached hydrogens (tertiary/aromatic N) is 2. The van der Waals surface area contributed by atoms with E-state index in [1.165, 1.54) is 5.56 Å². The number of nitrogens with one attached hydrogen (secondary N) is 1. The zero-order valence-corrected chi connectivity index (χ0v) is 19.2. The van der Waals surface area contributed by atoms with Crippen molar-refractivity contribution in [1.82, 2.24) is 9.80 Å². The lowest BCUT2D eigenvalue weighted by Gasteiger charge is -2.38. The van der Waals surface area contributed by atoms with Crippen molar-refractivity contribution in [1.29, 1.82) is 0 Å². The molecule has 1 aliphatic rings. The first-order chi connectivity index (χ1) is 16.2. The molecule has 3 aromatic carbocycles. The largest absolute Gasteiger partial charge is 0.497 e. The molecule has 6 nitrogen and oxygen atoms in total. The number of methoxy groups -OCH3 is 2. The predicted molar refractivity (Wildman–Crippen MR) is 131 cm³/mol. The summed E-state index contributed by atoms with van der Waals surface area (Å²) in [4.78, 5) is 18.1. The van der Waals surface area contributed by atoms with Gasteiger partial charge >= 0.3 is 0 Å². The number of hydrogen-bond acceptors (Lipinski definition) is 5. The quantitative estimate of drug-likeness (QED) is 0.563. The van der Waals surface area contributed by atoms with Gasteiger partial charge in [0.15, 0.2) is 0 Å². The van der Waals surface area contributed by atoms with Crippen LogP contribution in [0, 0.1) is 0 Å². The molecule has 1 fully saturated rings. The molecule has 1 aliphatic heterocycles. The predicted octanol–water partition coefficient (Wildman–Crippen LogP) is 4.20. The van der Waals surface area contributed by atoms with Crippen molar-refractivity contribution in [3.05, 3.63) is 90.0 Å². The zero-order valence-electron chi connectivity index (χ0n) is 19.2. The maximum Gasteiger partial charge on any atom is 0.246 e. The summed E-state index contributed by atoms with van der Waals surface area (Å²) in [7, 11) is 3.31. The van der Waals surface area contributed by atoms with Crippen LogP contribution in [0.3, 0.4) is 0 Å². The van der Waals surface area contributed by atoms with Crippen LogP contribution in [-0.2, 0) is 11.3 Å². The van der Waals surface area contributed by atoms with Gasteiger partial charge in [0.1, 0.15) is 17.5 Å². The fraction of sp³-hybridized carbons (Fsp3) is 0.296. The molecule has 6 heteroatoms. The maximum atomic E-state index is 13.4. The molecule has 3 aromatic rings. The first-order valence-corrected chi connectivity index (χ1v) is 11.3. The van der Waals surface area contributed by atoms with Crippen LogP contribution in [0.15, 0.2) is 78.9 Å². The summed E-state index contributed by atoms with van der Waals surface area (Å²) >= 11 is 0. The molecule has 1 saturated heterocycles. The van der Waals surface area contributed by atoms with Crippen molar-refractivity contribution in [3.63, 3.8) is 0 Å². The molecular weight excluding hydrogens is 414 g/mol. The minimum absolute atomic E-state index is 0.0296. The monoisotopic (exact) mass is 445 g/mol. The second-order valence-corrected chi connectivity index (χ2v) is 8.19. The number of carbonyl (C=O) groups is 1. The minimum atomic E-state index is -0.347. The highest BCUT2D eigenvalue weighted by molar-refractivity contribution is 5.95. The van der Waals surface area contributed by atoms with Crippen molar-refractivity contribution >= 4 is 11.6 Å². The number of carbonyl (C=O) groups excluding carboxylic acids is 1. The molecule has 4 rings (SSSR count). The SMILES string of the molecule is COc1ccc(CN2CCN(C(C(=O)Nc3cccc(OC)c3)c3ccccc3)CC2)cc1. The molecule has 1 unspecified atom stereocenters. The second kappa shape index (κ2) is 11.0. The third-order valence-electron chi connectivity index (χ3n) is 6.04. The van der Waals surface area contributed by atoms with Gasteiger partial charge in [0.25, 0.3) is 0 Å². The fourth-order valence-corrected chi connectivity index (χ4v) is 4.24. The Bertz CT molecular complexity index is 1030. The van der Waals surface area contributed by atoms with Crippen LogP contribution in [0.25, 0.3) is 0 Å². The molecule has 1 N–H and O–H groups in total. The van der Waals surface area contributed by atoms with Crippen molar-refractivity contribution in [2.24, 2.45) is 0 Å². The lowest BCUT2D eigenvalue weighted by molar-refractivity contribution is -0.122. The molecule has 33 heavy (non-hydrogen) atoms. The molecule has 1 heterocycles. The lowest BCUT2D eigenvalue weighted by Crippen LogP contribution is -2.49. The summed E-state index contributed by atoms with van der Waals surface area (Å²) in [6.45, 7) is 4.34. The lowest BCUT2D eigenvalue weighted by atomic mass is 10.0. The van der Waals surface area contributed by atoms with Crippen LogP contribution in [0.2, 0.25) is 0 Å². The van der Waals surface area contributed by atoms with Crippen LogP contribution in [0.1, 0.15) is 17.2 Å². The Morgan fingerprint density at radius 3 is 2.21 bits per heavy atom. The minimum Gasteiger partial charge on any atom is -0.497 e. The van der Waals surface area contributed by atoms with Gasteiger partial charge in [0, 0.05) is 44.5 Å². The van der Waals surface area contributed by atoms with Crippen LogP contribution in [0.4, 0.5) is 5.69 Å². The van der Waals surface area contributed by atoms with E-state index in [1.54, 1.807) is 14.2 Å². The summed E-state index contributed by atoms with van der Waals surface area (Å²) < 4.78 is 10.6. The summed E-state index contributed by atoms with van der Waals surface area (Å²) in [6.07, 6.45) is 0. The molecule has 0 aromatic heterocycles. The van der Waals surface area contributed by atoms with Crippen LogP contribution in [0.5, 0.6) is 11.5 Å². The number of benzene rings is 3. The van der Waals surface area contributed by atoms with Gasteiger partial charge in [0.2, 0.25) is 5.91 Å². The fourth-order valence-electron chi connectivity index (χ4n) is 4.24. The maximum absolute atomic E-state index is 13.4. The van der Waals surface area contributed by atoms with Gasteiger partial charge in [0.05, 0.1) is 14.2 Å². The van der Waals surface area contributed by atoms with E-state index in [-0.39, 0.29) is 11.9 Å². The highest BCUT2D eigenvalue weighted by Gasteiger charge is 2.30. The zero-order chi connectivity index (χ0) is 23.0. The van der Waals surface area contributed by atoms with Crippen LogP contribution >= 0.6 is 0 Å². The molecule has 0 aliphatic carbocycles. The van der Waals surface area contributed by atoms with Crippen LogP contribution in [-0.4, -0.2) is 56.1 Å². The van der Waals surface area contributed by atoms with Gasteiger partial charge in [-0.25, -0.2) is 0 Å². The second-order valence-electron chi connectivity index (χ2n) is 8.19. The van der Waals surface area contributed by atoms with E-state index in [9.17, 15) is 4.79 Å². The summed E-state index contributed by atoms with van der Waals surface area (Å²) in [6, 6.07) is 25.4. The number of anilines is 1. The van der Waals surface area contributed by atoms with Crippen molar-refractivity contribution in [3.8, 4) is 11.5 Å². The van der Waals surface area contributed by atoms with E-state index in [0.29, 0.717) is 0 Å². The van der Waals surface area contributed by atoms with E-state index in [0.717, 1.165) is 55.5 Å². The Hall–Kier alpha value is -3.35. The van der Waals surface area contributed by atoms with E-state index < -0.39 is 0 Å². The Labute approximate surface area is 195 Å². The van der Waals surface area contributed by atoms with Crippen molar-refractivity contribution in [2.45, 2.75) is 12.6 Å². The standard InChI is InChI=1S/C27H31N3O3/c1-32-24-13-11-21(12-14-24)20-29-15-17-30(18-16-29)26(22-7-4-3-5-8-22)27(31)28-23-9-6-10-25(19-23)33-2/h3-14,19,26H,15-18,20H2,1-2H3,(H,28,31). The number of hydrogen-bond donors (Lipinski definition) is 1. The highest BCUT2D eigenvalue weighted by atomic mass is 16.5. The Morgan fingerprint density at radius 1 is 0.848 bits per heavy atom. The van der Waals surface area contributed by atoms with Gasteiger partial charge in [-0.1, -0.05) is 48.5 Å². The van der Waals surface area contributed by atoms with Gasteiger partial charge in [-0.3, -0.25) is 14.6 Å². The van der Waals surface area contributed by atoms with Gasteiger partial charge in [-0.15, -0.1) is 0 Å². The number of amides is 1. The third-order valence-corrected chi connectivity index (χ3v) is 6.04. The number of piperazine rings is 1. The first kappa shape index (κ1) is 22.8. The van der Waals surface area contributed by atoms with Crippen molar-refractivity contribution in [2.75, 3.05) is 45.7 Å². The van der Waals surface area contributed by atoms with Gasteiger partial charge < -0.3 is 14.8 Å². The van der Waals surface area contributed by atoms with E-state index in [1.807, 2.05) is 66.7 Å². The first-order valence-electron chi connectivity index (χ1n) is 11.3.